The van der Waals surface area contributed by atoms with Crippen molar-refractivity contribution in [2.75, 3.05) is 0 Å². The van der Waals surface area contributed by atoms with Crippen LogP contribution in [0.15, 0.2) is 34.0 Å². The largest absolute Gasteiger partial charge is 0.471 e. The van der Waals surface area contributed by atoms with E-state index >= 15 is 0 Å². The second-order valence-corrected chi connectivity index (χ2v) is 5.64. The molecule has 1 unspecified atom stereocenters. The summed E-state index contributed by atoms with van der Waals surface area (Å²) in [4.78, 5) is 19.7. The molecule has 8 nitrogen and oxygen atoms in total. The van der Waals surface area contributed by atoms with Gasteiger partial charge in [-0.25, -0.2) is 9.67 Å². The third-order valence-electron chi connectivity index (χ3n) is 4.02. The number of halogens is 3. The number of rotatable bonds is 3. The first-order valence-electron chi connectivity index (χ1n) is 7.42. The van der Waals surface area contributed by atoms with Crippen LogP contribution >= 0.6 is 0 Å². The molecule has 130 valence electrons. The van der Waals surface area contributed by atoms with Crippen LogP contribution in [0.5, 0.6) is 0 Å². The van der Waals surface area contributed by atoms with E-state index in [4.69, 9.17) is 0 Å². The maximum absolute atomic E-state index is 12.5. The Morgan fingerprint density at radius 1 is 1.36 bits per heavy atom. The summed E-state index contributed by atoms with van der Waals surface area (Å²) in [7, 11) is 0. The minimum Gasteiger partial charge on any atom is -0.329 e. The molecule has 0 bridgehead atoms. The number of aromatic nitrogens is 6. The Labute approximate surface area is 137 Å². The normalized spacial score (nSPS) is 17.0. The highest BCUT2D eigenvalue weighted by Gasteiger charge is 2.38. The van der Waals surface area contributed by atoms with Gasteiger partial charge in [-0.1, -0.05) is 5.16 Å². The van der Waals surface area contributed by atoms with Gasteiger partial charge < -0.3 is 9.09 Å². The Bertz CT molecular complexity index is 973. The lowest BCUT2D eigenvalue weighted by Crippen LogP contribution is -2.24. The van der Waals surface area contributed by atoms with E-state index < -0.39 is 12.1 Å². The Kier molecular flexibility index (Phi) is 3.44. The lowest BCUT2D eigenvalue weighted by Gasteiger charge is -2.13. The molecule has 1 aliphatic heterocycles. The fourth-order valence-corrected chi connectivity index (χ4v) is 2.83. The van der Waals surface area contributed by atoms with E-state index in [0.29, 0.717) is 6.54 Å². The van der Waals surface area contributed by atoms with Gasteiger partial charge in [0.05, 0.1) is 6.04 Å². The van der Waals surface area contributed by atoms with Crippen LogP contribution < -0.4 is 5.56 Å². The zero-order valence-electron chi connectivity index (χ0n) is 12.6. The molecule has 3 aromatic rings. The molecule has 0 saturated carbocycles. The first kappa shape index (κ1) is 15.5. The minimum absolute atomic E-state index is 0.0167. The van der Waals surface area contributed by atoms with Crippen molar-refractivity contribution >= 4 is 0 Å². The zero-order valence-corrected chi connectivity index (χ0v) is 12.6. The SMILES string of the molecule is O=c1cc(-c2noc(C(F)(F)F)n2)ccn1CC1CCc2ncnn21. The molecule has 4 heterocycles. The smallest absolute Gasteiger partial charge is 0.329 e. The summed E-state index contributed by atoms with van der Waals surface area (Å²) < 4.78 is 45.0. The molecule has 0 N–H and O–H groups in total. The summed E-state index contributed by atoms with van der Waals surface area (Å²) in [6, 6.07) is 2.68. The summed E-state index contributed by atoms with van der Waals surface area (Å²) in [5.41, 5.74) is -0.210. The molecule has 0 aromatic carbocycles. The molecular formula is C14H11F3N6O2. The van der Waals surface area contributed by atoms with Crippen molar-refractivity contribution < 1.29 is 17.7 Å². The lowest BCUT2D eigenvalue weighted by molar-refractivity contribution is -0.159. The Morgan fingerprint density at radius 3 is 2.92 bits per heavy atom. The van der Waals surface area contributed by atoms with Crippen molar-refractivity contribution in [3.63, 3.8) is 0 Å². The van der Waals surface area contributed by atoms with Gasteiger partial charge in [-0.2, -0.15) is 23.3 Å². The zero-order chi connectivity index (χ0) is 17.6. The number of nitrogens with zero attached hydrogens (tertiary/aromatic N) is 6. The minimum atomic E-state index is -4.72. The van der Waals surface area contributed by atoms with Gasteiger partial charge in [0.15, 0.2) is 0 Å². The van der Waals surface area contributed by atoms with Gasteiger partial charge in [-0.3, -0.25) is 4.79 Å². The van der Waals surface area contributed by atoms with Crippen LogP contribution in [0, 0.1) is 0 Å². The van der Waals surface area contributed by atoms with Crippen LogP contribution in [0.1, 0.15) is 24.2 Å². The molecular weight excluding hydrogens is 341 g/mol. The van der Waals surface area contributed by atoms with Gasteiger partial charge in [-0.15, -0.1) is 0 Å². The molecule has 3 aromatic heterocycles. The maximum Gasteiger partial charge on any atom is 0.471 e. The fourth-order valence-electron chi connectivity index (χ4n) is 2.83. The number of alkyl halides is 3. The van der Waals surface area contributed by atoms with Crippen LogP contribution in [0.25, 0.3) is 11.4 Å². The number of pyridine rings is 1. The summed E-state index contributed by atoms with van der Waals surface area (Å²) >= 11 is 0. The maximum atomic E-state index is 12.5. The van der Waals surface area contributed by atoms with Crippen molar-refractivity contribution in [2.45, 2.75) is 31.6 Å². The van der Waals surface area contributed by atoms with Crippen LogP contribution in [0.2, 0.25) is 0 Å². The monoisotopic (exact) mass is 352 g/mol. The van der Waals surface area contributed by atoms with E-state index in [2.05, 4.69) is 24.7 Å². The molecule has 1 atom stereocenters. The Balaban J connectivity index is 1.57. The molecule has 0 saturated heterocycles. The van der Waals surface area contributed by atoms with E-state index in [-0.39, 0.29) is 23.0 Å². The summed E-state index contributed by atoms with van der Waals surface area (Å²) in [6.45, 7) is 0.398. The average molecular weight is 352 g/mol. The predicted molar refractivity (Wildman–Crippen MR) is 76.4 cm³/mol. The quantitative estimate of drug-likeness (QED) is 0.712. The Hall–Kier alpha value is -2.98. The molecule has 11 heteroatoms. The van der Waals surface area contributed by atoms with Crippen LogP contribution in [-0.2, 0) is 19.1 Å². The average Bonchev–Trinajstić information content (AvgIpc) is 3.25. The second-order valence-electron chi connectivity index (χ2n) is 5.64. The van der Waals surface area contributed by atoms with Crippen molar-refractivity contribution in [3.8, 4) is 11.4 Å². The number of aryl methyl sites for hydroxylation is 1. The number of hydrogen-bond donors (Lipinski definition) is 0. The fraction of sp³-hybridized carbons (Fsp3) is 0.357. The van der Waals surface area contributed by atoms with Gasteiger partial charge in [0.1, 0.15) is 12.2 Å². The van der Waals surface area contributed by atoms with Crippen molar-refractivity contribution in [3.05, 3.63) is 46.7 Å². The van der Waals surface area contributed by atoms with Gasteiger partial charge in [0.2, 0.25) is 5.82 Å². The molecule has 1 aliphatic rings. The first-order chi connectivity index (χ1) is 11.9. The third kappa shape index (κ3) is 2.81. The van der Waals surface area contributed by atoms with E-state index in [1.807, 2.05) is 0 Å². The molecule has 25 heavy (non-hydrogen) atoms. The highest BCUT2D eigenvalue weighted by molar-refractivity contribution is 5.52. The molecule has 0 aliphatic carbocycles. The predicted octanol–water partition coefficient (Wildman–Crippen LogP) is 1.70. The van der Waals surface area contributed by atoms with Crippen LogP contribution in [-0.4, -0.2) is 29.5 Å². The van der Waals surface area contributed by atoms with Gasteiger partial charge >= 0.3 is 12.1 Å². The first-order valence-corrected chi connectivity index (χ1v) is 7.42. The third-order valence-corrected chi connectivity index (χ3v) is 4.02. The highest BCUT2D eigenvalue weighted by atomic mass is 19.4. The summed E-state index contributed by atoms with van der Waals surface area (Å²) in [5, 5.41) is 7.42. The Morgan fingerprint density at radius 2 is 2.20 bits per heavy atom. The second kappa shape index (κ2) is 5.53. The van der Waals surface area contributed by atoms with E-state index in [1.165, 1.54) is 29.2 Å². The highest BCUT2D eigenvalue weighted by Crippen LogP contribution is 2.29. The van der Waals surface area contributed by atoms with Gasteiger partial charge in [0.25, 0.3) is 5.56 Å². The van der Waals surface area contributed by atoms with Gasteiger partial charge in [0, 0.05) is 30.8 Å². The summed E-state index contributed by atoms with van der Waals surface area (Å²) in [5.74, 6) is -0.853. The molecule has 0 radical (unpaired) electrons. The van der Waals surface area contributed by atoms with Crippen molar-refractivity contribution in [1.29, 1.82) is 0 Å². The standard InChI is InChI=1S/C14H11F3N6O2/c15-14(16,17)13-20-12(21-25-13)8-3-4-22(11(24)5-8)6-9-1-2-10-18-7-19-23(9)10/h3-5,7,9H,1-2,6H2. The van der Waals surface area contributed by atoms with E-state index in [1.54, 1.807) is 4.68 Å². The van der Waals surface area contributed by atoms with Gasteiger partial charge in [-0.05, 0) is 12.5 Å². The van der Waals surface area contributed by atoms with Crippen LogP contribution in [0.3, 0.4) is 0 Å². The number of fused-ring (bicyclic) bond motifs is 1. The van der Waals surface area contributed by atoms with Crippen LogP contribution in [0.4, 0.5) is 13.2 Å². The molecule has 0 spiro atoms. The summed E-state index contributed by atoms with van der Waals surface area (Å²) in [6.07, 6.45) is -0.138. The molecule has 4 rings (SSSR count). The van der Waals surface area contributed by atoms with Crippen molar-refractivity contribution in [1.82, 2.24) is 29.5 Å². The molecule has 0 fully saturated rings. The molecule has 0 amide bonds. The lowest BCUT2D eigenvalue weighted by atomic mass is 10.2. The van der Waals surface area contributed by atoms with E-state index in [0.717, 1.165) is 18.7 Å². The topological polar surface area (TPSA) is 91.6 Å². The van der Waals surface area contributed by atoms with E-state index in [9.17, 15) is 18.0 Å². The van der Waals surface area contributed by atoms with Crippen molar-refractivity contribution in [2.24, 2.45) is 0 Å². The number of hydrogen-bond acceptors (Lipinski definition) is 6.